The average molecular weight is 1400 g/mol. The smallest absolute Gasteiger partial charge is 0.463 e. The second kappa shape index (κ2) is 71.3. The van der Waals surface area contributed by atoms with Crippen molar-refractivity contribution in [3.05, 3.63) is 146 Å². The first-order valence-electron chi connectivity index (χ1n) is 37.1. The Labute approximate surface area is 587 Å². The molecule has 0 rings (SSSR count). The second-order valence-corrected chi connectivity index (χ2v) is 27.2. The van der Waals surface area contributed by atoms with Crippen molar-refractivity contribution in [3.8, 4) is 0 Å². The van der Waals surface area contributed by atoms with Gasteiger partial charge in [0.1, 0.15) is 25.4 Å². The van der Waals surface area contributed by atoms with Crippen molar-refractivity contribution in [2.75, 3.05) is 39.6 Å². The molecule has 18 heteroatoms. The van der Waals surface area contributed by atoms with Crippen LogP contribution in [0.4, 0.5) is 0 Å². The third kappa shape index (κ3) is 72.5. The fourth-order valence-electron chi connectivity index (χ4n) is 9.48. The molecular weight excluding hydrogens is 1270 g/mol. The summed E-state index contributed by atoms with van der Waals surface area (Å²) >= 11 is 0. The Morgan fingerprint density at radius 2 is 0.515 bits per heavy atom. The predicted molar refractivity (Wildman–Crippen MR) is 399 cm³/mol. The van der Waals surface area contributed by atoms with E-state index < -0.39 is 91.5 Å². The summed E-state index contributed by atoms with van der Waals surface area (Å²) < 4.78 is 61.1. The number of allylic oxidation sites excluding steroid dienone is 24. The van der Waals surface area contributed by atoms with Gasteiger partial charge in [-0.05, 0) is 135 Å². The zero-order chi connectivity index (χ0) is 70.9. The van der Waals surface area contributed by atoms with Crippen LogP contribution in [0.3, 0.4) is 0 Å². The van der Waals surface area contributed by atoms with Crippen LogP contribution in [-0.2, 0) is 55.8 Å². The Morgan fingerprint density at radius 1 is 0.289 bits per heavy atom. The number of esters is 3. The number of aliphatic hydroxyl groups is 2. The van der Waals surface area contributed by atoms with Crippen molar-refractivity contribution in [2.45, 2.75) is 296 Å². The number of hydrogen-bond acceptors (Lipinski definition) is 14. The lowest BCUT2D eigenvalue weighted by Crippen LogP contribution is -2.30. The first-order chi connectivity index (χ1) is 47.2. The molecule has 4 N–H and O–H groups in total. The van der Waals surface area contributed by atoms with E-state index in [4.69, 9.17) is 32.3 Å². The summed E-state index contributed by atoms with van der Waals surface area (Å²) in [6, 6.07) is 0. The molecule has 0 aromatic heterocycles. The number of phosphoric acid groups is 2. The van der Waals surface area contributed by atoms with Gasteiger partial charge in [0.05, 0.1) is 26.4 Å². The standard InChI is InChI=1S/C79H132O16P2/c1-4-7-10-13-16-19-22-25-28-31-33-34-35-36-37-38-40-43-44-47-50-53-56-59-62-65-77(82)89-68-74(80)69-91-96(85,86)92-70-75(81)71-93-97(87,88)94-73-76(95-79(84)67-64-61-58-55-52-49-46-41-30-27-24-21-18-15-12-9-6-3)72-90-78(83)66-63-60-57-54-51-48-45-42-39-32-29-26-23-20-17-14-11-8-5-2/h7-12,16-21,25-30,33-34,36-37,39,42,74-76,80-81H,4-6,13-15,22-24,31-32,35,38,40-41,43-73H2,1-3H3,(H,85,86)(H,87,88)/b10-7-,11-8-,12-9-,19-16-,20-17-,21-18-,28-25-,29-26-,30-27-,34-33-,37-36-,42-39-. The lowest BCUT2D eigenvalue weighted by molar-refractivity contribution is -0.161. The number of carbonyl (C=O) groups is 3. The molecule has 0 aliphatic carbocycles. The van der Waals surface area contributed by atoms with E-state index in [-0.39, 0.29) is 19.3 Å². The van der Waals surface area contributed by atoms with Crippen LogP contribution >= 0.6 is 15.6 Å². The van der Waals surface area contributed by atoms with Gasteiger partial charge in [0, 0.05) is 19.3 Å². The summed E-state index contributed by atoms with van der Waals surface area (Å²) in [5.74, 6) is -1.61. The number of phosphoric ester groups is 2. The van der Waals surface area contributed by atoms with Gasteiger partial charge in [0.25, 0.3) is 0 Å². The predicted octanol–water partition coefficient (Wildman–Crippen LogP) is 21.3. The summed E-state index contributed by atoms with van der Waals surface area (Å²) in [7, 11) is -9.80. The fraction of sp³-hybridized carbons (Fsp3) is 0.658. The number of unbranched alkanes of at least 4 members (excludes halogenated alkanes) is 22. The van der Waals surface area contributed by atoms with E-state index in [1.807, 2.05) is 0 Å². The third-order valence-corrected chi connectivity index (χ3v) is 16.9. The highest BCUT2D eigenvalue weighted by molar-refractivity contribution is 7.47. The van der Waals surface area contributed by atoms with E-state index in [2.05, 4.69) is 167 Å². The monoisotopic (exact) mass is 1400 g/mol. The maximum Gasteiger partial charge on any atom is 0.472 e. The minimum atomic E-state index is -4.94. The normalized spacial score (nSPS) is 14.9. The van der Waals surface area contributed by atoms with Crippen molar-refractivity contribution in [1.82, 2.24) is 0 Å². The lowest BCUT2D eigenvalue weighted by atomic mass is 10.1. The van der Waals surface area contributed by atoms with E-state index in [0.717, 1.165) is 193 Å². The fourth-order valence-corrected chi connectivity index (χ4v) is 11.1. The van der Waals surface area contributed by atoms with Crippen LogP contribution in [0.5, 0.6) is 0 Å². The maximum atomic E-state index is 13.0. The Hall–Kier alpha value is -4.57. The highest BCUT2D eigenvalue weighted by Gasteiger charge is 2.29. The molecule has 0 bridgehead atoms. The number of ether oxygens (including phenoxy) is 3. The van der Waals surface area contributed by atoms with Gasteiger partial charge < -0.3 is 34.2 Å². The van der Waals surface area contributed by atoms with Crippen LogP contribution in [0.15, 0.2) is 146 Å². The molecule has 16 nitrogen and oxygen atoms in total. The van der Waals surface area contributed by atoms with Crippen LogP contribution in [0.25, 0.3) is 0 Å². The first-order valence-corrected chi connectivity index (χ1v) is 40.1. The topological polar surface area (TPSA) is 231 Å². The van der Waals surface area contributed by atoms with Gasteiger partial charge in [-0.25, -0.2) is 9.13 Å². The highest BCUT2D eigenvalue weighted by atomic mass is 31.2. The van der Waals surface area contributed by atoms with E-state index in [1.165, 1.54) is 25.7 Å². The van der Waals surface area contributed by atoms with Crippen LogP contribution in [0.1, 0.15) is 278 Å². The molecule has 0 aliphatic heterocycles. The summed E-state index contributed by atoms with van der Waals surface area (Å²) in [6.45, 7) is 2.30. The van der Waals surface area contributed by atoms with Gasteiger partial charge in [0.2, 0.25) is 0 Å². The Morgan fingerprint density at radius 3 is 0.814 bits per heavy atom. The molecule has 0 fully saturated rings. The molecule has 0 spiro atoms. The number of hydrogen-bond donors (Lipinski definition) is 4. The van der Waals surface area contributed by atoms with Crippen LogP contribution in [0.2, 0.25) is 0 Å². The van der Waals surface area contributed by atoms with Gasteiger partial charge in [0.15, 0.2) is 6.10 Å². The van der Waals surface area contributed by atoms with Crippen molar-refractivity contribution in [2.24, 2.45) is 0 Å². The van der Waals surface area contributed by atoms with Crippen molar-refractivity contribution >= 4 is 33.6 Å². The molecule has 0 heterocycles. The van der Waals surface area contributed by atoms with Gasteiger partial charge in [-0.15, -0.1) is 0 Å². The van der Waals surface area contributed by atoms with Crippen molar-refractivity contribution in [1.29, 1.82) is 0 Å². The van der Waals surface area contributed by atoms with E-state index in [9.17, 15) is 43.5 Å². The van der Waals surface area contributed by atoms with Crippen molar-refractivity contribution < 1.29 is 75.8 Å². The summed E-state index contributed by atoms with van der Waals surface area (Å²) in [6.07, 6.45) is 86.0. The van der Waals surface area contributed by atoms with E-state index >= 15 is 0 Å². The number of rotatable bonds is 69. The zero-order valence-corrected chi connectivity index (χ0v) is 62.0. The van der Waals surface area contributed by atoms with Gasteiger partial charge >= 0.3 is 33.6 Å². The molecule has 0 amide bonds. The van der Waals surface area contributed by atoms with Gasteiger partial charge in [-0.2, -0.15) is 0 Å². The minimum Gasteiger partial charge on any atom is -0.463 e. The van der Waals surface area contributed by atoms with Gasteiger partial charge in [-0.3, -0.25) is 32.5 Å². The Kier molecular flexibility index (Phi) is 67.9. The maximum absolute atomic E-state index is 13.0. The molecule has 0 radical (unpaired) electrons. The average Bonchev–Trinajstić information content (AvgIpc) is 2.50. The van der Waals surface area contributed by atoms with E-state index in [0.29, 0.717) is 19.3 Å². The lowest BCUT2D eigenvalue weighted by Gasteiger charge is -2.21. The molecule has 0 aliphatic rings. The number of aliphatic hydroxyl groups excluding tert-OH is 2. The Bertz CT molecular complexity index is 2350. The molecule has 5 atom stereocenters. The third-order valence-electron chi connectivity index (χ3n) is 15.0. The molecule has 0 aromatic carbocycles. The molecule has 0 saturated carbocycles. The summed E-state index contributed by atoms with van der Waals surface area (Å²) in [4.78, 5) is 58.6. The molecule has 0 saturated heterocycles. The first kappa shape index (κ1) is 92.4. The zero-order valence-electron chi connectivity index (χ0n) is 60.2. The molecule has 554 valence electrons. The molecule has 5 unspecified atom stereocenters. The number of carbonyl (C=O) groups excluding carboxylic acids is 3. The Balaban J connectivity index is 4.64. The van der Waals surface area contributed by atoms with Crippen molar-refractivity contribution in [3.63, 3.8) is 0 Å². The van der Waals surface area contributed by atoms with Crippen LogP contribution in [-0.4, -0.2) is 95.9 Å². The summed E-state index contributed by atoms with van der Waals surface area (Å²) in [5.41, 5.74) is 0. The quantitative estimate of drug-likeness (QED) is 0.0146. The molecule has 0 aromatic rings. The summed E-state index contributed by atoms with van der Waals surface area (Å²) in [5, 5.41) is 20.6. The van der Waals surface area contributed by atoms with Crippen LogP contribution in [0, 0.1) is 0 Å². The van der Waals surface area contributed by atoms with Gasteiger partial charge in [-0.1, -0.05) is 269 Å². The minimum absolute atomic E-state index is 0.0857. The largest absolute Gasteiger partial charge is 0.472 e. The molecular formula is C79H132O16P2. The molecule has 97 heavy (non-hydrogen) atoms. The SMILES string of the molecule is CC/C=C\C/C=C\C/C=C\C/C=C\C/C=C\CCCCCCCCCCCC(=O)OCC(O)COP(=O)(O)OCC(O)COP(=O)(O)OCC(COC(=O)CCCCCCCC/C=C\C/C=C\C/C=C\C/C=C\CC)OC(=O)CCCCCCCCC/C=C\C/C=C\C/C=C\CC. The van der Waals surface area contributed by atoms with Crippen LogP contribution < -0.4 is 0 Å². The second-order valence-electron chi connectivity index (χ2n) is 24.3. The highest BCUT2D eigenvalue weighted by Crippen LogP contribution is 2.45. The van der Waals surface area contributed by atoms with E-state index in [1.54, 1.807) is 0 Å².